The van der Waals surface area contributed by atoms with Gasteiger partial charge in [0.25, 0.3) is 0 Å². The average molecular weight is 259 g/mol. The molecule has 0 saturated carbocycles. The zero-order valence-corrected chi connectivity index (χ0v) is 9.42. The standard InChI is InChI=1S/C12H12F3NO2/c13-12(14,15)9-1-2-10-7(3-9)5-16-6-8(10)4-11(17)18/h1-3,8,16H,4-6H2,(H,17,18). The SMILES string of the molecule is O=C(O)CC1CNCc2cc(C(F)(F)F)ccc21. The first-order valence-electron chi connectivity index (χ1n) is 5.50. The number of fused-ring (bicyclic) bond motifs is 1. The fourth-order valence-electron chi connectivity index (χ4n) is 2.22. The van der Waals surface area contributed by atoms with Crippen LogP contribution in [0.4, 0.5) is 13.2 Å². The van der Waals surface area contributed by atoms with Crippen LogP contribution in [0.25, 0.3) is 0 Å². The van der Waals surface area contributed by atoms with Crippen molar-refractivity contribution in [3.05, 3.63) is 34.9 Å². The molecule has 1 aromatic rings. The molecule has 0 spiro atoms. The van der Waals surface area contributed by atoms with Crippen molar-refractivity contribution in [2.24, 2.45) is 0 Å². The quantitative estimate of drug-likeness (QED) is 0.857. The van der Waals surface area contributed by atoms with Crippen LogP contribution in [0.1, 0.15) is 29.0 Å². The molecule has 0 bridgehead atoms. The fourth-order valence-corrected chi connectivity index (χ4v) is 2.22. The highest BCUT2D eigenvalue weighted by atomic mass is 19.4. The molecule has 1 unspecified atom stereocenters. The van der Waals surface area contributed by atoms with Gasteiger partial charge in [-0.05, 0) is 23.3 Å². The van der Waals surface area contributed by atoms with Gasteiger partial charge in [-0.2, -0.15) is 13.2 Å². The van der Waals surface area contributed by atoms with Crippen LogP contribution in [0.5, 0.6) is 0 Å². The number of nitrogens with one attached hydrogen (secondary N) is 1. The van der Waals surface area contributed by atoms with E-state index in [9.17, 15) is 18.0 Å². The number of halogens is 3. The fraction of sp³-hybridized carbons (Fsp3) is 0.417. The van der Waals surface area contributed by atoms with Gasteiger partial charge in [0.05, 0.1) is 12.0 Å². The summed E-state index contributed by atoms with van der Waals surface area (Å²) in [4.78, 5) is 10.7. The molecule has 0 saturated heterocycles. The molecule has 1 heterocycles. The second-order valence-electron chi connectivity index (χ2n) is 4.34. The van der Waals surface area contributed by atoms with E-state index in [0.717, 1.165) is 12.1 Å². The lowest BCUT2D eigenvalue weighted by molar-refractivity contribution is -0.138. The van der Waals surface area contributed by atoms with E-state index in [1.54, 1.807) is 0 Å². The van der Waals surface area contributed by atoms with Crippen LogP contribution >= 0.6 is 0 Å². The molecule has 1 aliphatic heterocycles. The van der Waals surface area contributed by atoms with Crippen molar-refractivity contribution in [1.29, 1.82) is 0 Å². The molecule has 0 aromatic heterocycles. The smallest absolute Gasteiger partial charge is 0.416 e. The molecule has 1 aromatic carbocycles. The molecule has 0 aliphatic carbocycles. The first-order chi connectivity index (χ1) is 8.38. The van der Waals surface area contributed by atoms with E-state index in [2.05, 4.69) is 5.32 Å². The van der Waals surface area contributed by atoms with Crippen LogP contribution in [0.3, 0.4) is 0 Å². The third-order valence-electron chi connectivity index (χ3n) is 3.04. The van der Waals surface area contributed by atoms with Gasteiger partial charge in [-0.3, -0.25) is 4.79 Å². The maximum atomic E-state index is 12.6. The number of carbonyl (C=O) groups is 1. The first kappa shape index (κ1) is 12.9. The average Bonchev–Trinajstić information content (AvgIpc) is 2.27. The molecule has 1 atom stereocenters. The third-order valence-corrected chi connectivity index (χ3v) is 3.04. The number of rotatable bonds is 2. The molecular weight excluding hydrogens is 247 g/mol. The van der Waals surface area contributed by atoms with Gasteiger partial charge < -0.3 is 10.4 Å². The molecular formula is C12H12F3NO2. The number of alkyl halides is 3. The highest BCUT2D eigenvalue weighted by Crippen LogP contribution is 2.34. The van der Waals surface area contributed by atoms with Gasteiger partial charge >= 0.3 is 12.1 Å². The molecule has 3 nitrogen and oxygen atoms in total. The molecule has 98 valence electrons. The van der Waals surface area contributed by atoms with E-state index in [-0.39, 0.29) is 12.3 Å². The van der Waals surface area contributed by atoms with E-state index in [1.165, 1.54) is 6.07 Å². The summed E-state index contributed by atoms with van der Waals surface area (Å²) in [7, 11) is 0. The minimum atomic E-state index is -4.37. The Labute approximate surface area is 102 Å². The summed E-state index contributed by atoms with van der Waals surface area (Å²) in [6.45, 7) is 0.819. The highest BCUT2D eigenvalue weighted by molar-refractivity contribution is 5.68. The van der Waals surface area contributed by atoms with Crippen molar-refractivity contribution in [2.45, 2.75) is 25.1 Å². The summed E-state index contributed by atoms with van der Waals surface area (Å²) in [6.07, 6.45) is -4.44. The Morgan fingerprint density at radius 2 is 2.17 bits per heavy atom. The Morgan fingerprint density at radius 3 is 2.78 bits per heavy atom. The maximum Gasteiger partial charge on any atom is 0.416 e. The predicted octanol–water partition coefficient (Wildman–Crippen LogP) is 2.37. The molecule has 0 radical (unpaired) electrons. The second-order valence-corrected chi connectivity index (χ2v) is 4.34. The second kappa shape index (κ2) is 4.61. The van der Waals surface area contributed by atoms with Crippen LogP contribution in [0.2, 0.25) is 0 Å². The molecule has 0 fully saturated rings. The van der Waals surface area contributed by atoms with Crippen molar-refractivity contribution in [3.63, 3.8) is 0 Å². The highest BCUT2D eigenvalue weighted by Gasteiger charge is 2.32. The van der Waals surface area contributed by atoms with Gasteiger partial charge in [-0.1, -0.05) is 6.07 Å². The van der Waals surface area contributed by atoms with Gasteiger partial charge in [-0.25, -0.2) is 0 Å². The number of carboxylic acids is 1. The lowest BCUT2D eigenvalue weighted by Crippen LogP contribution is -2.30. The Bertz CT molecular complexity index is 471. The Hall–Kier alpha value is -1.56. The lowest BCUT2D eigenvalue weighted by atomic mass is 9.87. The van der Waals surface area contributed by atoms with E-state index < -0.39 is 17.7 Å². The van der Waals surface area contributed by atoms with Gasteiger partial charge in [0.2, 0.25) is 0 Å². The molecule has 0 amide bonds. The van der Waals surface area contributed by atoms with Gasteiger partial charge in [0.15, 0.2) is 0 Å². The van der Waals surface area contributed by atoms with Gasteiger partial charge in [0.1, 0.15) is 0 Å². The van der Waals surface area contributed by atoms with Crippen LogP contribution < -0.4 is 5.32 Å². The lowest BCUT2D eigenvalue weighted by Gasteiger charge is -2.26. The van der Waals surface area contributed by atoms with E-state index in [1.807, 2.05) is 0 Å². The van der Waals surface area contributed by atoms with Crippen LogP contribution in [0.15, 0.2) is 18.2 Å². The molecule has 1 aliphatic rings. The summed E-state index contributed by atoms with van der Waals surface area (Å²) in [6, 6.07) is 3.50. The zero-order chi connectivity index (χ0) is 13.3. The van der Waals surface area contributed by atoms with Crippen molar-refractivity contribution >= 4 is 5.97 Å². The maximum absolute atomic E-state index is 12.6. The van der Waals surface area contributed by atoms with Crippen molar-refractivity contribution in [1.82, 2.24) is 5.32 Å². The topological polar surface area (TPSA) is 49.3 Å². The largest absolute Gasteiger partial charge is 0.481 e. The van der Waals surface area contributed by atoms with E-state index >= 15 is 0 Å². The van der Waals surface area contributed by atoms with Gasteiger partial charge in [0, 0.05) is 19.0 Å². The molecule has 6 heteroatoms. The van der Waals surface area contributed by atoms with E-state index in [4.69, 9.17) is 5.11 Å². The van der Waals surface area contributed by atoms with Crippen molar-refractivity contribution < 1.29 is 23.1 Å². The third kappa shape index (κ3) is 2.64. The van der Waals surface area contributed by atoms with Crippen LogP contribution in [-0.2, 0) is 17.5 Å². The number of aliphatic carboxylic acids is 1. The van der Waals surface area contributed by atoms with Gasteiger partial charge in [-0.15, -0.1) is 0 Å². The summed E-state index contributed by atoms with van der Waals surface area (Å²) in [5.74, 6) is -1.22. The monoisotopic (exact) mass is 259 g/mol. The predicted molar refractivity (Wildman–Crippen MR) is 58.1 cm³/mol. The summed E-state index contributed by atoms with van der Waals surface area (Å²) >= 11 is 0. The van der Waals surface area contributed by atoms with Crippen LogP contribution in [-0.4, -0.2) is 17.6 Å². The van der Waals surface area contributed by atoms with Crippen LogP contribution in [0, 0.1) is 0 Å². The minimum Gasteiger partial charge on any atom is -0.481 e. The summed E-state index contributed by atoms with van der Waals surface area (Å²) < 4.78 is 37.7. The molecule has 2 rings (SSSR count). The summed E-state index contributed by atoms with van der Waals surface area (Å²) in [5, 5.41) is 11.7. The Balaban J connectivity index is 2.33. The minimum absolute atomic E-state index is 0.0780. The first-order valence-corrected chi connectivity index (χ1v) is 5.50. The molecule has 18 heavy (non-hydrogen) atoms. The number of benzene rings is 1. The number of hydrogen-bond donors (Lipinski definition) is 2. The Kier molecular flexibility index (Phi) is 3.30. The van der Waals surface area contributed by atoms with Crippen molar-refractivity contribution in [2.75, 3.05) is 6.54 Å². The normalized spacial score (nSPS) is 19.4. The zero-order valence-electron chi connectivity index (χ0n) is 9.42. The molecule has 2 N–H and O–H groups in total. The Morgan fingerprint density at radius 1 is 1.44 bits per heavy atom. The number of hydrogen-bond acceptors (Lipinski definition) is 2. The van der Waals surface area contributed by atoms with Crippen molar-refractivity contribution in [3.8, 4) is 0 Å². The summed E-state index contributed by atoms with van der Waals surface area (Å²) in [5.41, 5.74) is 0.533. The van der Waals surface area contributed by atoms with E-state index in [0.29, 0.717) is 24.2 Å². The number of carboxylic acid groups (broad SMARTS) is 1.